The second-order valence-corrected chi connectivity index (χ2v) is 6.39. The molecule has 0 atom stereocenters. The lowest BCUT2D eigenvalue weighted by Gasteiger charge is -2.10. The first kappa shape index (κ1) is 13.8. The molecule has 0 unspecified atom stereocenters. The largest absolute Gasteiger partial charge is 0.363 e. The molecule has 0 aromatic heterocycles. The molecule has 0 aliphatic heterocycles. The molecule has 0 saturated heterocycles. The Kier molecular flexibility index (Phi) is 4.22. The Hall–Kier alpha value is -0.310. The molecule has 2 nitrogen and oxygen atoms in total. The predicted molar refractivity (Wildman–Crippen MR) is 74.6 cm³/mol. The van der Waals surface area contributed by atoms with E-state index >= 15 is 0 Å². The summed E-state index contributed by atoms with van der Waals surface area (Å²) in [7, 11) is 0. The summed E-state index contributed by atoms with van der Waals surface area (Å²) in [4.78, 5) is 0. The quantitative estimate of drug-likeness (QED) is 0.572. The highest BCUT2D eigenvalue weighted by Gasteiger charge is 2.64. The molecular weight excluding hydrogens is 216 g/mol. The van der Waals surface area contributed by atoms with Gasteiger partial charge in [-0.15, -0.1) is 0 Å². The predicted octanol–water partition coefficient (Wildman–Crippen LogP) is 2.93. The maximum atomic E-state index is 5.24. The van der Waals surface area contributed by atoms with E-state index in [4.69, 9.17) is 12.2 Å². The van der Waals surface area contributed by atoms with Gasteiger partial charge < -0.3 is 10.6 Å². The van der Waals surface area contributed by atoms with Crippen LogP contribution in [0.3, 0.4) is 0 Å². The van der Waals surface area contributed by atoms with Crippen molar-refractivity contribution >= 4 is 17.3 Å². The first-order valence-corrected chi connectivity index (χ1v) is 6.76. The maximum Gasteiger partial charge on any atom is 0.166 e. The Labute approximate surface area is 106 Å². The molecule has 1 aliphatic rings. The lowest BCUT2D eigenvalue weighted by molar-refractivity contribution is 0.457. The van der Waals surface area contributed by atoms with Gasteiger partial charge in [0.1, 0.15) is 0 Å². The first-order chi connectivity index (χ1) is 7.34. The molecule has 1 saturated carbocycles. The molecule has 1 rings (SSSR count). The molecule has 0 radical (unpaired) electrons. The molecule has 1 aliphatic carbocycles. The summed E-state index contributed by atoms with van der Waals surface area (Å²) >= 11 is 5.24. The van der Waals surface area contributed by atoms with E-state index in [0.717, 1.165) is 24.1 Å². The van der Waals surface area contributed by atoms with Gasteiger partial charge in [-0.25, -0.2) is 0 Å². The van der Waals surface area contributed by atoms with Crippen LogP contribution in [0, 0.1) is 16.7 Å². The monoisotopic (exact) mass is 242 g/mol. The molecule has 16 heavy (non-hydrogen) atoms. The van der Waals surface area contributed by atoms with E-state index in [-0.39, 0.29) is 0 Å². The van der Waals surface area contributed by atoms with Crippen molar-refractivity contribution in [1.82, 2.24) is 10.6 Å². The lowest BCUT2D eigenvalue weighted by Crippen LogP contribution is -2.37. The summed E-state index contributed by atoms with van der Waals surface area (Å²) in [6, 6.07) is 0. The van der Waals surface area contributed by atoms with Crippen LogP contribution in [0.15, 0.2) is 0 Å². The van der Waals surface area contributed by atoms with E-state index in [1.165, 1.54) is 12.8 Å². The average molecular weight is 242 g/mol. The summed E-state index contributed by atoms with van der Waals surface area (Å²) in [5.41, 5.74) is 0.887. The van der Waals surface area contributed by atoms with Gasteiger partial charge in [-0.2, -0.15) is 0 Å². The zero-order valence-electron chi connectivity index (χ0n) is 11.3. The maximum absolute atomic E-state index is 5.24. The minimum Gasteiger partial charge on any atom is -0.363 e. The second-order valence-electron chi connectivity index (χ2n) is 5.99. The van der Waals surface area contributed by atoms with Gasteiger partial charge >= 0.3 is 0 Å². The minimum atomic E-state index is 0.443. The average Bonchev–Trinajstić information content (AvgIpc) is 2.55. The Morgan fingerprint density at radius 2 is 1.69 bits per heavy atom. The topological polar surface area (TPSA) is 24.1 Å². The van der Waals surface area contributed by atoms with Crippen LogP contribution in [-0.4, -0.2) is 18.2 Å². The number of nitrogens with one attached hydrogen (secondary N) is 2. The lowest BCUT2D eigenvalue weighted by atomic mass is 10.0. The number of hydrogen-bond donors (Lipinski definition) is 2. The van der Waals surface area contributed by atoms with Gasteiger partial charge in [-0.3, -0.25) is 0 Å². The summed E-state index contributed by atoms with van der Waals surface area (Å²) < 4.78 is 0. The van der Waals surface area contributed by atoms with Crippen molar-refractivity contribution in [3.05, 3.63) is 0 Å². The Bertz CT molecular complexity index is 245. The van der Waals surface area contributed by atoms with Crippen molar-refractivity contribution in [2.75, 3.05) is 13.1 Å². The fourth-order valence-corrected chi connectivity index (χ4v) is 2.66. The van der Waals surface area contributed by atoms with Crippen molar-refractivity contribution in [1.29, 1.82) is 0 Å². The highest BCUT2D eigenvalue weighted by molar-refractivity contribution is 7.80. The third-order valence-electron chi connectivity index (χ3n) is 4.60. The number of thiocarbonyl (C=S) groups is 1. The molecule has 0 aromatic carbocycles. The van der Waals surface area contributed by atoms with Crippen molar-refractivity contribution in [2.45, 2.75) is 47.5 Å². The van der Waals surface area contributed by atoms with E-state index in [0.29, 0.717) is 10.8 Å². The third kappa shape index (κ3) is 2.68. The van der Waals surface area contributed by atoms with E-state index in [1.54, 1.807) is 0 Å². The van der Waals surface area contributed by atoms with Crippen LogP contribution < -0.4 is 10.6 Å². The Balaban J connectivity index is 2.19. The first-order valence-electron chi connectivity index (χ1n) is 6.35. The third-order valence-corrected chi connectivity index (χ3v) is 4.89. The van der Waals surface area contributed by atoms with Crippen molar-refractivity contribution in [3.63, 3.8) is 0 Å². The molecule has 0 aromatic rings. The van der Waals surface area contributed by atoms with E-state index in [2.05, 4.69) is 45.3 Å². The smallest absolute Gasteiger partial charge is 0.166 e. The van der Waals surface area contributed by atoms with Crippen LogP contribution >= 0.6 is 12.2 Å². The molecule has 0 amide bonds. The molecule has 0 bridgehead atoms. The fourth-order valence-electron chi connectivity index (χ4n) is 2.48. The summed E-state index contributed by atoms with van der Waals surface area (Å²) in [6.07, 6.45) is 2.39. The highest BCUT2D eigenvalue weighted by atomic mass is 32.1. The molecule has 94 valence electrons. The highest BCUT2D eigenvalue weighted by Crippen LogP contribution is 2.67. The SMILES string of the molecule is CCCCNC(=S)NCC1C(C)(C)C1(C)C. The molecule has 1 fully saturated rings. The number of unbranched alkanes of at least 4 members (excludes halogenated alkanes) is 1. The van der Waals surface area contributed by atoms with Gasteiger partial charge in [-0.1, -0.05) is 41.0 Å². The molecule has 2 N–H and O–H groups in total. The van der Waals surface area contributed by atoms with Gasteiger partial charge in [0.15, 0.2) is 5.11 Å². The molecule has 0 spiro atoms. The van der Waals surface area contributed by atoms with Crippen molar-refractivity contribution < 1.29 is 0 Å². The molecule has 3 heteroatoms. The summed E-state index contributed by atoms with van der Waals surface area (Å²) in [5, 5.41) is 7.39. The van der Waals surface area contributed by atoms with E-state index in [9.17, 15) is 0 Å². The Morgan fingerprint density at radius 1 is 1.12 bits per heavy atom. The van der Waals surface area contributed by atoms with E-state index < -0.39 is 0 Å². The van der Waals surface area contributed by atoms with Crippen LogP contribution in [0.1, 0.15) is 47.5 Å². The minimum absolute atomic E-state index is 0.443. The van der Waals surface area contributed by atoms with Crippen LogP contribution in [0.2, 0.25) is 0 Å². The fraction of sp³-hybridized carbons (Fsp3) is 0.923. The van der Waals surface area contributed by atoms with Gasteiger partial charge in [0.25, 0.3) is 0 Å². The van der Waals surface area contributed by atoms with Crippen LogP contribution in [-0.2, 0) is 0 Å². The van der Waals surface area contributed by atoms with Crippen molar-refractivity contribution in [3.8, 4) is 0 Å². The standard InChI is InChI=1S/C13H26N2S/c1-6-7-8-14-11(16)15-9-10-12(2,3)13(10,4)5/h10H,6-9H2,1-5H3,(H2,14,15,16). The van der Waals surface area contributed by atoms with Gasteiger partial charge in [0.2, 0.25) is 0 Å². The Morgan fingerprint density at radius 3 is 2.12 bits per heavy atom. The van der Waals surface area contributed by atoms with E-state index in [1.807, 2.05) is 0 Å². The normalized spacial score (nSPS) is 21.6. The van der Waals surface area contributed by atoms with Crippen LogP contribution in [0.5, 0.6) is 0 Å². The van der Waals surface area contributed by atoms with Crippen LogP contribution in [0.25, 0.3) is 0 Å². The second kappa shape index (κ2) is 4.91. The van der Waals surface area contributed by atoms with Crippen LogP contribution in [0.4, 0.5) is 0 Å². The van der Waals surface area contributed by atoms with Gasteiger partial charge in [-0.05, 0) is 35.4 Å². The molecule has 0 heterocycles. The van der Waals surface area contributed by atoms with Gasteiger partial charge in [0.05, 0.1) is 0 Å². The van der Waals surface area contributed by atoms with Crippen molar-refractivity contribution in [2.24, 2.45) is 16.7 Å². The number of rotatable bonds is 5. The molecular formula is C13H26N2S. The zero-order valence-corrected chi connectivity index (χ0v) is 12.1. The van der Waals surface area contributed by atoms with Gasteiger partial charge in [0, 0.05) is 13.1 Å². The summed E-state index contributed by atoms with van der Waals surface area (Å²) in [6.45, 7) is 13.5. The summed E-state index contributed by atoms with van der Waals surface area (Å²) in [5.74, 6) is 0.728. The number of hydrogen-bond acceptors (Lipinski definition) is 1. The zero-order chi connectivity index (χ0) is 12.4.